The summed E-state index contributed by atoms with van der Waals surface area (Å²) in [5.41, 5.74) is 0.560. The van der Waals surface area contributed by atoms with Crippen LogP contribution < -0.4 is 14.2 Å². The van der Waals surface area contributed by atoms with Gasteiger partial charge in [0, 0.05) is 11.8 Å². The van der Waals surface area contributed by atoms with E-state index >= 15 is 0 Å². The Labute approximate surface area is 167 Å². The van der Waals surface area contributed by atoms with E-state index in [2.05, 4.69) is 9.46 Å². The van der Waals surface area contributed by atoms with Crippen LogP contribution in [0.25, 0.3) is 6.08 Å². The molecule has 0 heterocycles. The Hall–Kier alpha value is -3.53. The minimum atomic E-state index is -4.19. The molecule has 2 rings (SSSR count). The first kappa shape index (κ1) is 21.8. The van der Waals surface area contributed by atoms with Gasteiger partial charge in [-0.25, -0.2) is 18.0 Å². The molecule has 0 saturated carbocycles. The van der Waals surface area contributed by atoms with Crippen LogP contribution in [0.2, 0.25) is 0 Å². The Morgan fingerprint density at radius 2 is 1.79 bits per heavy atom. The van der Waals surface area contributed by atoms with E-state index in [-0.39, 0.29) is 33.2 Å². The van der Waals surface area contributed by atoms with Crippen LogP contribution in [-0.4, -0.2) is 46.8 Å². The van der Waals surface area contributed by atoms with Crippen LogP contribution in [0.15, 0.2) is 47.4 Å². The molecule has 0 aliphatic rings. The second-order valence-electron chi connectivity index (χ2n) is 5.60. The molecule has 0 bridgehead atoms. The summed E-state index contributed by atoms with van der Waals surface area (Å²) >= 11 is 0. The van der Waals surface area contributed by atoms with Gasteiger partial charge >= 0.3 is 11.9 Å². The fourth-order valence-corrected chi connectivity index (χ4v) is 3.72. The molecule has 0 atom stereocenters. The number of benzene rings is 2. The standard InChI is InChI=1S/C19H19NO8S/c1-26-15-9-12(7-8-17(21)22)10-16(18(15)27-2)29(24,25)20-14-6-4-5-13(11-14)19(23)28-3/h4-11,20H,1-3H3,(H,21,22)/b8-7+. The summed E-state index contributed by atoms with van der Waals surface area (Å²) in [6.45, 7) is 0. The lowest BCUT2D eigenvalue weighted by molar-refractivity contribution is -0.131. The highest BCUT2D eigenvalue weighted by atomic mass is 32.2. The van der Waals surface area contributed by atoms with Crippen LogP contribution in [0.5, 0.6) is 11.5 Å². The molecule has 2 aromatic carbocycles. The molecule has 0 fully saturated rings. The molecule has 154 valence electrons. The molecule has 0 unspecified atom stereocenters. The van der Waals surface area contributed by atoms with Crippen molar-refractivity contribution >= 4 is 33.7 Å². The van der Waals surface area contributed by atoms with Crippen LogP contribution in [-0.2, 0) is 19.6 Å². The van der Waals surface area contributed by atoms with Gasteiger partial charge in [0.2, 0.25) is 0 Å². The quantitative estimate of drug-likeness (QED) is 0.491. The number of anilines is 1. The summed E-state index contributed by atoms with van der Waals surface area (Å²) in [5, 5.41) is 8.81. The first-order valence-corrected chi connectivity index (χ1v) is 9.58. The van der Waals surface area contributed by atoms with E-state index in [1.165, 1.54) is 63.8 Å². The summed E-state index contributed by atoms with van der Waals surface area (Å²) < 4.78 is 43.3. The molecule has 0 spiro atoms. The van der Waals surface area contributed by atoms with Crippen molar-refractivity contribution in [3.8, 4) is 11.5 Å². The number of hydrogen-bond donors (Lipinski definition) is 2. The van der Waals surface area contributed by atoms with Gasteiger partial charge in [0.1, 0.15) is 4.90 Å². The van der Waals surface area contributed by atoms with E-state index in [9.17, 15) is 18.0 Å². The number of carbonyl (C=O) groups is 2. The maximum atomic E-state index is 13.0. The van der Waals surface area contributed by atoms with E-state index < -0.39 is 22.0 Å². The Morgan fingerprint density at radius 3 is 2.38 bits per heavy atom. The Morgan fingerprint density at radius 1 is 1.07 bits per heavy atom. The number of hydrogen-bond acceptors (Lipinski definition) is 7. The average Bonchev–Trinajstić information content (AvgIpc) is 2.70. The third-order valence-corrected chi connectivity index (χ3v) is 5.10. The topological polar surface area (TPSA) is 128 Å². The highest BCUT2D eigenvalue weighted by Crippen LogP contribution is 2.37. The van der Waals surface area contributed by atoms with Gasteiger partial charge in [0.05, 0.1) is 26.9 Å². The molecule has 0 radical (unpaired) electrons. The largest absolute Gasteiger partial charge is 0.493 e. The van der Waals surface area contributed by atoms with Crippen LogP contribution in [0.3, 0.4) is 0 Å². The van der Waals surface area contributed by atoms with Crippen molar-refractivity contribution in [3.63, 3.8) is 0 Å². The van der Waals surface area contributed by atoms with Crippen LogP contribution in [0.4, 0.5) is 5.69 Å². The fourth-order valence-electron chi connectivity index (χ4n) is 2.45. The molecule has 0 aliphatic heterocycles. The highest BCUT2D eigenvalue weighted by molar-refractivity contribution is 7.92. The van der Waals surface area contributed by atoms with Gasteiger partial charge in [0.15, 0.2) is 11.5 Å². The lowest BCUT2D eigenvalue weighted by Crippen LogP contribution is -2.15. The number of rotatable bonds is 8. The van der Waals surface area contributed by atoms with Crippen molar-refractivity contribution in [2.75, 3.05) is 26.1 Å². The van der Waals surface area contributed by atoms with Gasteiger partial charge in [-0.05, 0) is 42.0 Å². The van der Waals surface area contributed by atoms with E-state index in [1.807, 2.05) is 0 Å². The third kappa shape index (κ3) is 5.26. The van der Waals surface area contributed by atoms with Crippen molar-refractivity contribution < 1.29 is 37.3 Å². The van der Waals surface area contributed by atoms with Crippen molar-refractivity contribution in [2.45, 2.75) is 4.90 Å². The van der Waals surface area contributed by atoms with Crippen molar-refractivity contribution in [2.24, 2.45) is 0 Å². The van der Waals surface area contributed by atoms with Gasteiger partial charge < -0.3 is 19.3 Å². The molecule has 0 amide bonds. The molecule has 0 aliphatic carbocycles. The van der Waals surface area contributed by atoms with Gasteiger partial charge in [-0.15, -0.1) is 0 Å². The van der Waals surface area contributed by atoms with E-state index in [0.29, 0.717) is 0 Å². The first-order chi connectivity index (χ1) is 13.7. The number of carboxylic acid groups (broad SMARTS) is 1. The summed E-state index contributed by atoms with van der Waals surface area (Å²) in [5.74, 6) is -1.77. The zero-order valence-electron chi connectivity index (χ0n) is 15.8. The fraction of sp³-hybridized carbons (Fsp3) is 0.158. The zero-order chi connectivity index (χ0) is 21.6. The molecule has 9 nitrogen and oxygen atoms in total. The first-order valence-electron chi connectivity index (χ1n) is 8.10. The average molecular weight is 421 g/mol. The summed E-state index contributed by atoms with van der Waals surface area (Å²) in [6.07, 6.45) is 2.09. The molecular weight excluding hydrogens is 402 g/mol. The van der Waals surface area contributed by atoms with Gasteiger partial charge in [0.25, 0.3) is 10.0 Å². The second-order valence-corrected chi connectivity index (χ2v) is 7.25. The molecule has 2 N–H and O–H groups in total. The van der Waals surface area contributed by atoms with Gasteiger partial charge in [-0.2, -0.15) is 0 Å². The van der Waals surface area contributed by atoms with Crippen LogP contribution in [0, 0.1) is 0 Å². The number of carbonyl (C=O) groups excluding carboxylic acids is 1. The smallest absolute Gasteiger partial charge is 0.337 e. The lowest BCUT2D eigenvalue weighted by atomic mass is 10.2. The number of ether oxygens (including phenoxy) is 3. The van der Waals surface area contributed by atoms with Crippen LogP contribution in [0.1, 0.15) is 15.9 Å². The molecule has 10 heteroatoms. The van der Waals surface area contributed by atoms with Gasteiger partial charge in [-0.3, -0.25) is 4.72 Å². The summed E-state index contributed by atoms with van der Waals surface area (Å²) in [4.78, 5) is 22.2. The van der Waals surface area contributed by atoms with Gasteiger partial charge in [-0.1, -0.05) is 6.07 Å². The van der Waals surface area contributed by atoms with Crippen molar-refractivity contribution in [1.29, 1.82) is 0 Å². The summed E-state index contributed by atoms with van der Waals surface area (Å²) in [6, 6.07) is 8.43. The van der Waals surface area contributed by atoms with Crippen molar-refractivity contribution in [1.82, 2.24) is 0 Å². The Balaban J connectivity index is 2.54. The molecule has 0 aromatic heterocycles. The maximum Gasteiger partial charge on any atom is 0.337 e. The summed E-state index contributed by atoms with van der Waals surface area (Å²) in [7, 11) is -0.368. The zero-order valence-corrected chi connectivity index (χ0v) is 16.6. The number of sulfonamides is 1. The molecule has 2 aromatic rings. The minimum Gasteiger partial charge on any atom is -0.493 e. The van der Waals surface area contributed by atoms with E-state index in [1.54, 1.807) is 0 Å². The monoisotopic (exact) mass is 421 g/mol. The molecule has 29 heavy (non-hydrogen) atoms. The number of carboxylic acids is 1. The maximum absolute atomic E-state index is 13.0. The van der Waals surface area contributed by atoms with E-state index in [4.69, 9.17) is 14.6 Å². The second kappa shape index (κ2) is 9.11. The number of methoxy groups -OCH3 is 3. The van der Waals surface area contributed by atoms with E-state index in [0.717, 1.165) is 6.08 Å². The lowest BCUT2D eigenvalue weighted by Gasteiger charge is -2.15. The Bertz CT molecular complexity index is 1060. The van der Waals surface area contributed by atoms with Crippen LogP contribution >= 0.6 is 0 Å². The third-order valence-electron chi connectivity index (χ3n) is 3.71. The Kier molecular flexibility index (Phi) is 6.84. The normalized spacial score (nSPS) is 11.1. The number of nitrogens with one attached hydrogen (secondary N) is 1. The number of aliphatic carboxylic acids is 1. The molecule has 0 saturated heterocycles. The highest BCUT2D eigenvalue weighted by Gasteiger charge is 2.24. The molecular formula is C19H19NO8S. The number of esters is 1. The SMILES string of the molecule is COC(=O)c1cccc(NS(=O)(=O)c2cc(/C=C/C(=O)O)cc(OC)c2OC)c1. The predicted octanol–water partition coefficient (Wildman–Crippen LogP) is 2.39. The minimum absolute atomic E-state index is 0.0587. The van der Waals surface area contributed by atoms with Crippen molar-refractivity contribution in [3.05, 3.63) is 53.6 Å². The predicted molar refractivity (Wildman–Crippen MR) is 105 cm³/mol.